The SMILES string of the molecule is CN1CCOC2(CCN(C(=O)Cc3nc(N)n[nH]3)CC2)C1. The van der Waals surface area contributed by atoms with Crippen LogP contribution in [0, 0.1) is 0 Å². The number of carbonyl (C=O) groups is 1. The number of anilines is 1. The third-order valence-electron chi connectivity index (χ3n) is 4.33. The summed E-state index contributed by atoms with van der Waals surface area (Å²) in [6, 6.07) is 0. The largest absolute Gasteiger partial charge is 0.372 e. The molecule has 3 N–H and O–H groups in total. The van der Waals surface area contributed by atoms with Crippen LogP contribution in [0.3, 0.4) is 0 Å². The van der Waals surface area contributed by atoms with Crippen LogP contribution in [0.2, 0.25) is 0 Å². The molecule has 0 unspecified atom stereocenters. The Morgan fingerprint density at radius 2 is 2.19 bits per heavy atom. The van der Waals surface area contributed by atoms with Crippen LogP contribution in [0.15, 0.2) is 0 Å². The maximum atomic E-state index is 12.3. The zero-order valence-corrected chi connectivity index (χ0v) is 12.3. The number of nitrogen functional groups attached to an aromatic ring is 1. The Balaban J connectivity index is 1.54. The molecule has 0 aliphatic carbocycles. The molecule has 8 heteroatoms. The van der Waals surface area contributed by atoms with E-state index in [1.54, 1.807) is 0 Å². The fourth-order valence-electron chi connectivity index (χ4n) is 3.14. The van der Waals surface area contributed by atoms with Crippen LogP contribution in [0.25, 0.3) is 0 Å². The highest BCUT2D eigenvalue weighted by molar-refractivity contribution is 5.78. The summed E-state index contributed by atoms with van der Waals surface area (Å²) in [5.41, 5.74) is 5.37. The van der Waals surface area contributed by atoms with Crippen molar-refractivity contribution in [3.63, 3.8) is 0 Å². The first kappa shape index (κ1) is 14.3. The van der Waals surface area contributed by atoms with E-state index in [1.165, 1.54) is 0 Å². The average molecular weight is 294 g/mol. The minimum atomic E-state index is -0.0690. The highest BCUT2D eigenvalue weighted by Gasteiger charge is 2.39. The number of morpholine rings is 1. The summed E-state index contributed by atoms with van der Waals surface area (Å²) in [7, 11) is 2.12. The van der Waals surface area contributed by atoms with Gasteiger partial charge in [0.05, 0.1) is 18.6 Å². The van der Waals surface area contributed by atoms with Gasteiger partial charge in [-0.05, 0) is 19.9 Å². The highest BCUT2D eigenvalue weighted by atomic mass is 16.5. The maximum absolute atomic E-state index is 12.3. The van der Waals surface area contributed by atoms with Crippen LogP contribution in [0.4, 0.5) is 5.95 Å². The van der Waals surface area contributed by atoms with Crippen LogP contribution < -0.4 is 5.73 Å². The van der Waals surface area contributed by atoms with Crippen molar-refractivity contribution in [2.24, 2.45) is 0 Å². The van der Waals surface area contributed by atoms with Gasteiger partial charge in [-0.15, -0.1) is 5.10 Å². The van der Waals surface area contributed by atoms with Gasteiger partial charge >= 0.3 is 0 Å². The molecule has 1 amide bonds. The van der Waals surface area contributed by atoms with E-state index in [0.29, 0.717) is 5.82 Å². The second kappa shape index (κ2) is 5.61. The summed E-state index contributed by atoms with van der Waals surface area (Å²) < 4.78 is 6.00. The van der Waals surface area contributed by atoms with Gasteiger partial charge in [-0.2, -0.15) is 4.98 Å². The molecule has 1 aromatic heterocycles. The van der Waals surface area contributed by atoms with Gasteiger partial charge in [0.15, 0.2) is 0 Å². The third kappa shape index (κ3) is 3.16. The number of likely N-dealkylation sites (N-methyl/N-ethyl adjacent to an activating group) is 1. The molecule has 3 heterocycles. The number of nitrogens with zero attached hydrogens (tertiary/aromatic N) is 4. The molecule has 0 saturated carbocycles. The number of nitrogens with two attached hydrogens (primary N) is 1. The topological polar surface area (TPSA) is 100 Å². The summed E-state index contributed by atoms with van der Waals surface area (Å²) in [4.78, 5) is 20.4. The molecule has 21 heavy (non-hydrogen) atoms. The van der Waals surface area contributed by atoms with Gasteiger partial charge in [0.1, 0.15) is 5.82 Å². The Hall–Kier alpha value is -1.67. The molecule has 2 fully saturated rings. The zero-order valence-electron chi connectivity index (χ0n) is 12.3. The lowest BCUT2D eigenvalue weighted by atomic mass is 9.89. The maximum Gasteiger partial charge on any atom is 0.239 e. The number of amides is 1. The number of hydrogen-bond donors (Lipinski definition) is 2. The number of carbonyl (C=O) groups excluding carboxylic acids is 1. The number of aromatic amines is 1. The monoisotopic (exact) mass is 294 g/mol. The van der Waals surface area contributed by atoms with E-state index in [-0.39, 0.29) is 23.9 Å². The van der Waals surface area contributed by atoms with E-state index in [2.05, 4.69) is 27.1 Å². The van der Waals surface area contributed by atoms with E-state index in [9.17, 15) is 4.79 Å². The molecule has 0 radical (unpaired) electrons. The van der Waals surface area contributed by atoms with Crippen LogP contribution in [0.1, 0.15) is 18.7 Å². The van der Waals surface area contributed by atoms with Crippen molar-refractivity contribution >= 4 is 11.9 Å². The molecule has 8 nitrogen and oxygen atoms in total. The van der Waals surface area contributed by atoms with Crippen LogP contribution in [-0.2, 0) is 16.0 Å². The second-order valence-electron chi connectivity index (χ2n) is 5.97. The summed E-state index contributed by atoms with van der Waals surface area (Å²) in [5.74, 6) is 0.755. The summed E-state index contributed by atoms with van der Waals surface area (Å²) in [6.45, 7) is 4.18. The number of nitrogens with one attached hydrogen (secondary N) is 1. The van der Waals surface area contributed by atoms with Crippen molar-refractivity contribution in [1.82, 2.24) is 25.0 Å². The Morgan fingerprint density at radius 1 is 1.43 bits per heavy atom. The molecular weight excluding hydrogens is 272 g/mol. The number of hydrogen-bond acceptors (Lipinski definition) is 6. The Morgan fingerprint density at radius 3 is 2.81 bits per heavy atom. The number of ether oxygens (including phenoxy) is 1. The molecule has 0 atom stereocenters. The lowest BCUT2D eigenvalue weighted by Crippen LogP contribution is -2.56. The van der Waals surface area contributed by atoms with Crippen LogP contribution in [-0.4, -0.2) is 76.3 Å². The summed E-state index contributed by atoms with van der Waals surface area (Å²) in [5, 5.41) is 6.41. The minimum Gasteiger partial charge on any atom is -0.372 e. The first-order chi connectivity index (χ1) is 10.1. The smallest absolute Gasteiger partial charge is 0.239 e. The number of H-pyrrole nitrogens is 1. The highest BCUT2D eigenvalue weighted by Crippen LogP contribution is 2.29. The molecule has 2 aliphatic heterocycles. The lowest BCUT2D eigenvalue weighted by molar-refractivity contribution is -0.147. The summed E-state index contributed by atoms with van der Waals surface area (Å²) in [6.07, 6.45) is 2.00. The molecule has 2 aliphatic rings. The molecule has 3 rings (SSSR count). The molecule has 2 saturated heterocycles. The predicted molar refractivity (Wildman–Crippen MR) is 76.5 cm³/mol. The Bertz CT molecular complexity index is 509. The molecular formula is C13H22N6O2. The fraction of sp³-hybridized carbons (Fsp3) is 0.769. The number of piperidine rings is 1. The second-order valence-corrected chi connectivity index (χ2v) is 5.97. The van der Waals surface area contributed by atoms with E-state index in [4.69, 9.17) is 10.5 Å². The quantitative estimate of drug-likeness (QED) is 0.744. The predicted octanol–water partition coefficient (Wildman–Crippen LogP) is -0.747. The first-order valence-corrected chi connectivity index (χ1v) is 7.33. The van der Waals surface area contributed by atoms with Gasteiger partial charge in [0.25, 0.3) is 0 Å². The normalized spacial score (nSPS) is 22.6. The van der Waals surface area contributed by atoms with Crippen molar-refractivity contribution in [2.45, 2.75) is 24.9 Å². The molecule has 1 aromatic rings. The van der Waals surface area contributed by atoms with Gasteiger partial charge in [0.2, 0.25) is 11.9 Å². The zero-order chi connectivity index (χ0) is 14.9. The van der Waals surface area contributed by atoms with E-state index < -0.39 is 0 Å². The molecule has 116 valence electrons. The van der Waals surface area contributed by atoms with E-state index in [0.717, 1.165) is 45.6 Å². The van der Waals surface area contributed by atoms with Crippen molar-refractivity contribution in [3.05, 3.63) is 5.82 Å². The first-order valence-electron chi connectivity index (χ1n) is 7.33. The molecule has 0 bridgehead atoms. The lowest BCUT2D eigenvalue weighted by Gasteiger charge is -2.46. The summed E-state index contributed by atoms with van der Waals surface area (Å²) >= 11 is 0. The fourth-order valence-corrected chi connectivity index (χ4v) is 3.14. The van der Waals surface area contributed by atoms with E-state index in [1.807, 2.05) is 4.90 Å². The van der Waals surface area contributed by atoms with Gasteiger partial charge in [-0.3, -0.25) is 9.89 Å². The van der Waals surface area contributed by atoms with Gasteiger partial charge in [0, 0.05) is 26.2 Å². The molecule has 1 spiro atoms. The Kier molecular flexibility index (Phi) is 3.81. The van der Waals surface area contributed by atoms with Crippen molar-refractivity contribution in [2.75, 3.05) is 45.6 Å². The average Bonchev–Trinajstić information content (AvgIpc) is 2.84. The van der Waals surface area contributed by atoms with Gasteiger partial charge in [-0.1, -0.05) is 0 Å². The van der Waals surface area contributed by atoms with Crippen molar-refractivity contribution in [3.8, 4) is 0 Å². The third-order valence-corrected chi connectivity index (χ3v) is 4.33. The van der Waals surface area contributed by atoms with Crippen molar-refractivity contribution < 1.29 is 9.53 Å². The van der Waals surface area contributed by atoms with Crippen molar-refractivity contribution in [1.29, 1.82) is 0 Å². The standard InChI is InChI=1S/C13H22N6O2/c1-18-6-7-21-13(9-18)2-4-19(5-3-13)11(20)8-10-15-12(14)17-16-10/h2-9H2,1H3,(H3,14,15,16,17). The van der Waals surface area contributed by atoms with Gasteiger partial charge < -0.3 is 20.3 Å². The minimum absolute atomic E-state index is 0.0603. The number of rotatable bonds is 2. The van der Waals surface area contributed by atoms with Gasteiger partial charge in [-0.25, -0.2) is 0 Å². The molecule has 0 aromatic carbocycles. The number of aromatic nitrogens is 3. The van der Waals surface area contributed by atoms with Crippen LogP contribution >= 0.6 is 0 Å². The Labute approximate surface area is 123 Å². The number of likely N-dealkylation sites (tertiary alicyclic amines) is 1. The van der Waals surface area contributed by atoms with E-state index >= 15 is 0 Å². The van der Waals surface area contributed by atoms with Crippen LogP contribution in [0.5, 0.6) is 0 Å².